The molecule has 1 N–H and O–H groups in total. The van der Waals surface area contributed by atoms with E-state index < -0.39 is 0 Å². The molecule has 3 nitrogen and oxygen atoms in total. The molecule has 0 bridgehead atoms. The van der Waals surface area contributed by atoms with E-state index in [1.807, 2.05) is 16.4 Å². The van der Waals surface area contributed by atoms with Gasteiger partial charge in [0.05, 0.1) is 16.4 Å². The van der Waals surface area contributed by atoms with Crippen LogP contribution in [0.5, 0.6) is 0 Å². The molecule has 1 aromatic rings. The monoisotopic (exact) mass is 275 g/mol. The van der Waals surface area contributed by atoms with Gasteiger partial charge in [0.25, 0.3) is 0 Å². The number of rotatable bonds is 7. The molecular formula is C12H22ClN3S. The van der Waals surface area contributed by atoms with E-state index in [4.69, 9.17) is 11.6 Å². The lowest BCUT2D eigenvalue weighted by Gasteiger charge is -2.10. The van der Waals surface area contributed by atoms with Gasteiger partial charge in [0, 0.05) is 24.9 Å². The largest absolute Gasteiger partial charge is 0.310 e. The number of hydrogen-bond donors (Lipinski definition) is 1. The maximum absolute atomic E-state index is 6.33. The minimum atomic E-state index is 0.623. The van der Waals surface area contributed by atoms with Crippen LogP contribution in [0.15, 0.2) is 0 Å². The standard InChI is InChI=1S/C12H22ClN3S/c1-5-10-12(13)11(16(6-2)15-10)8-14-7-9(3)17-4/h9,14H,5-8H2,1-4H3. The summed E-state index contributed by atoms with van der Waals surface area (Å²) >= 11 is 8.19. The van der Waals surface area contributed by atoms with Gasteiger partial charge in [-0.1, -0.05) is 25.4 Å². The smallest absolute Gasteiger partial charge is 0.0863 e. The summed E-state index contributed by atoms with van der Waals surface area (Å²) in [6, 6.07) is 0. The summed E-state index contributed by atoms with van der Waals surface area (Å²) in [5, 5.41) is 9.40. The Morgan fingerprint density at radius 2 is 2.18 bits per heavy atom. The third kappa shape index (κ3) is 3.90. The fourth-order valence-electron chi connectivity index (χ4n) is 1.66. The zero-order chi connectivity index (χ0) is 12.8. The van der Waals surface area contributed by atoms with Crippen LogP contribution in [-0.4, -0.2) is 27.8 Å². The second-order valence-corrected chi connectivity index (χ2v) is 5.71. The Hall–Kier alpha value is -0.190. The van der Waals surface area contributed by atoms with Crippen molar-refractivity contribution in [3.8, 4) is 0 Å². The summed E-state index contributed by atoms with van der Waals surface area (Å²) in [5.74, 6) is 0. The van der Waals surface area contributed by atoms with E-state index in [1.54, 1.807) is 0 Å². The highest BCUT2D eigenvalue weighted by atomic mass is 35.5. The highest BCUT2D eigenvalue weighted by Crippen LogP contribution is 2.21. The van der Waals surface area contributed by atoms with Crippen LogP contribution in [0.25, 0.3) is 0 Å². The van der Waals surface area contributed by atoms with Gasteiger partial charge in [-0.2, -0.15) is 16.9 Å². The molecule has 1 heterocycles. The summed E-state index contributed by atoms with van der Waals surface area (Å²) in [5.41, 5.74) is 2.11. The summed E-state index contributed by atoms with van der Waals surface area (Å²) in [4.78, 5) is 0. The molecule has 0 aromatic carbocycles. The Balaban J connectivity index is 2.66. The first-order chi connectivity index (χ1) is 8.13. The van der Waals surface area contributed by atoms with Gasteiger partial charge in [0.15, 0.2) is 0 Å². The molecule has 0 fully saturated rings. The Morgan fingerprint density at radius 1 is 1.47 bits per heavy atom. The first-order valence-electron chi connectivity index (χ1n) is 6.11. The maximum atomic E-state index is 6.33. The van der Waals surface area contributed by atoms with Gasteiger partial charge < -0.3 is 5.32 Å². The Morgan fingerprint density at radius 3 is 2.71 bits per heavy atom. The lowest BCUT2D eigenvalue weighted by Crippen LogP contribution is -2.23. The lowest BCUT2D eigenvalue weighted by molar-refractivity contribution is 0.578. The van der Waals surface area contributed by atoms with Gasteiger partial charge in [-0.3, -0.25) is 4.68 Å². The highest BCUT2D eigenvalue weighted by molar-refractivity contribution is 7.99. The van der Waals surface area contributed by atoms with Gasteiger partial charge in [-0.05, 0) is 19.6 Å². The molecule has 0 saturated heterocycles. The van der Waals surface area contributed by atoms with Crippen molar-refractivity contribution in [1.29, 1.82) is 0 Å². The van der Waals surface area contributed by atoms with Crippen molar-refractivity contribution < 1.29 is 0 Å². The van der Waals surface area contributed by atoms with E-state index in [2.05, 4.69) is 37.4 Å². The molecule has 0 aliphatic heterocycles. The third-order valence-electron chi connectivity index (χ3n) is 2.82. The van der Waals surface area contributed by atoms with Crippen molar-refractivity contribution in [3.63, 3.8) is 0 Å². The summed E-state index contributed by atoms with van der Waals surface area (Å²) in [7, 11) is 0. The molecule has 0 amide bonds. The van der Waals surface area contributed by atoms with Crippen LogP contribution in [-0.2, 0) is 19.5 Å². The summed E-state index contributed by atoms with van der Waals surface area (Å²) in [6.45, 7) is 9.05. The quantitative estimate of drug-likeness (QED) is 0.830. The van der Waals surface area contributed by atoms with Crippen LogP contribution < -0.4 is 5.32 Å². The molecule has 1 aromatic heterocycles. The van der Waals surface area contributed by atoms with Gasteiger partial charge in [0.2, 0.25) is 0 Å². The van der Waals surface area contributed by atoms with E-state index in [9.17, 15) is 0 Å². The molecule has 0 aliphatic rings. The van der Waals surface area contributed by atoms with E-state index in [0.717, 1.165) is 42.5 Å². The number of hydrogen-bond acceptors (Lipinski definition) is 3. The Kier molecular flexibility index (Phi) is 6.38. The topological polar surface area (TPSA) is 29.9 Å². The molecule has 1 atom stereocenters. The molecule has 5 heteroatoms. The SMILES string of the molecule is CCc1nn(CC)c(CNCC(C)SC)c1Cl. The Labute approximate surface area is 113 Å². The van der Waals surface area contributed by atoms with Crippen LogP contribution in [0.1, 0.15) is 32.2 Å². The molecule has 98 valence electrons. The van der Waals surface area contributed by atoms with E-state index in [1.165, 1.54) is 0 Å². The van der Waals surface area contributed by atoms with Crippen LogP contribution in [0.2, 0.25) is 5.02 Å². The predicted octanol–water partition coefficient (Wildman–Crippen LogP) is 2.96. The second-order valence-electron chi connectivity index (χ2n) is 4.05. The number of aryl methyl sites for hydroxylation is 2. The minimum absolute atomic E-state index is 0.623. The van der Waals surface area contributed by atoms with Crippen molar-refractivity contribution >= 4 is 23.4 Å². The molecule has 0 saturated carbocycles. The fraction of sp³-hybridized carbons (Fsp3) is 0.750. The van der Waals surface area contributed by atoms with Crippen molar-refractivity contribution in [3.05, 3.63) is 16.4 Å². The molecule has 0 aliphatic carbocycles. The zero-order valence-corrected chi connectivity index (χ0v) is 12.7. The van der Waals surface area contributed by atoms with E-state index in [0.29, 0.717) is 5.25 Å². The average Bonchev–Trinajstić information content (AvgIpc) is 2.65. The van der Waals surface area contributed by atoms with Crippen molar-refractivity contribution in [1.82, 2.24) is 15.1 Å². The average molecular weight is 276 g/mol. The Bertz CT molecular complexity index is 352. The van der Waals surface area contributed by atoms with E-state index >= 15 is 0 Å². The minimum Gasteiger partial charge on any atom is -0.310 e. The van der Waals surface area contributed by atoms with Gasteiger partial charge in [-0.15, -0.1) is 0 Å². The molecule has 0 spiro atoms. The highest BCUT2D eigenvalue weighted by Gasteiger charge is 2.13. The maximum Gasteiger partial charge on any atom is 0.0863 e. The normalized spacial score (nSPS) is 13.0. The van der Waals surface area contributed by atoms with Crippen LogP contribution in [0, 0.1) is 0 Å². The number of thioether (sulfide) groups is 1. The van der Waals surface area contributed by atoms with Crippen LogP contribution in [0.3, 0.4) is 0 Å². The molecule has 17 heavy (non-hydrogen) atoms. The van der Waals surface area contributed by atoms with Crippen molar-refractivity contribution in [2.75, 3.05) is 12.8 Å². The van der Waals surface area contributed by atoms with E-state index in [-0.39, 0.29) is 0 Å². The summed E-state index contributed by atoms with van der Waals surface area (Å²) < 4.78 is 2.00. The fourth-order valence-corrected chi connectivity index (χ4v) is 2.28. The zero-order valence-electron chi connectivity index (χ0n) is 11.1. The van der Waals surface area contributed by atoms with Crippen molar-refractivity contribution in [2.24, 2.45) is 0 Å². The van der Waals surface area contributed by atoms with Gasteiger partial charge in [-0.25, -0.2) is 0 Å². The number of nitrogens with zero attached hydrogens (tertiary/aromatic N) is 2. The molecule has 0 radical (unpaired) electrons. The second kappa shape index (κ2) is 7.29. The predicted molar refractivity (Wildman–Crippen MR) is 77.0 cm³/mol. The van der Waals surface area contributed by atoms with Gasteiger partial charge >= 0.3 is 0 Å². The van der Waals surface area contributed by atoms with Crippen molar-refractivity contribution in [2.45, 2.75) is 45.5 Å². The van der Waals surface area contributed by atoms with Crippen LogP contribution in [0.4, 0.5) is 0 Å². The van der Waals surface area contributed by atoms with Crippen LogP contribution >= 0.6 is 23.4 Å². The number of halogens is 1. The lowest BCUT2D eigenvalue weighted by atomic mass is 10.3. The third-order valence-corrected chi connectivity index (χ3v) is 4.23. The number of aromatic nitrogens is 2. The number of nitrogens with one attached hydrogen (secondary N) is 1. The first-order valence-corrected chi connectivity index (χ1v) is 7.78. The summed E-state index contributed by atoms with van der Waals surface area (Å²) in [6.07, 6.45) is 3.02. The molecular weight excluding hydrogens is 254 g/mol. The molecule has 1 unspecified atom stereocenters. The first kappa shape index (κ1) is 14.9. The van der Waals surface area contributed by atoms with Gasteiger partial charge in [0.1, 0.15) is 0 Å². The molecule has 1 rings (SSSR count).